The number of nitrogens with one attached hydrogen (secondary N) is 1. The monoisotopic (exact) mass is 399 g/mol. The van der Waals surface area contributed by atoms with Crippen LogP contribution in [0.25, 0.3) is 0 Å². The normalized spacial score (nSPS) is 36.1. The molecular formula is C18H29N3O5S. The zero-order chi connectivity index (χ0) is 19.4. The molecule has 2 saturated heterocycles. The van der Waals surface area contributed by atoms with E-state index in [1.54, 1.807) is 11.9 Å². The summed E-state index contributed by atoms with van der Waals surface area (Å²) in [6.07, 6.45) is 3.87. The van der Waals surface area contributed by atoms with Crippen molar-refractivity contribution in [2.24, 2.45) is 11.8 Å². The Labute approximate surface area is 160 Å². The fraction of sp³-hybridized carbons (Fsp3) is 0.889. The Bertz CT molecular complexity index is 729. The Hall–Kier alpha value is -1.19. The van der Waals surface area contributed by atoms with Gasteiger partial charge in [0.15, 0.2) is 0 Å². The number of hydrogen-bond donors (Lipinski definition) is 1. The summed E-state index contributed by atoms with van der Waals surface area (Å²) >= 11 is 0. The largest absolute Gasteiger partial charge is 0.381 e. The van der Waals surface area contributed by atoms with Crippen molar-refractivity contribution in [2.45, 2.75) is 62.3 Å². The maximum atomic E-state index is 13.1. The summed E-state index contributed by atoms with van der Waals surface area (Å²) in [6.45, 7) is 3.50. The van der Waals surface area contributed by atoms with Crippen molar-refractivity contribution in [3.63, 3.8) is 0 Å². The number of rotatable bonds is 5. The van der Waals surface area contributed by atoms with Crippen LogP contribution in [0.4, 0.5) is 4.79 Å². The molecule has 4 rings (SSSR count). The molecule has 4 aliphatic rings. The molecule has 3 amide bonds. The van der Waals surface area contributed by atoms with E-state index in [9.17, 15) is 18.0 Å². The second-order valence-corrected chi connectivity index (χ2v) is 10.8. The molecule has 2 aliphatic carbocycles. The molecule has 27 heavy (non-hydrogen) atoms. The van der Waals surface area contributed by atoms with Crippen LogP contribution in [-0.4, -0.2) is 73.8 Å². The fourth-order valence-electron chi connectivity index (χ4n) is 4.62. The second-order valence-electron chi connectivity index (χ2n) is 8.89. The molecule has 2 saturated carbocycles. The lowest BCUT2D eigenvalue weighted by Crippen LogP contribution is -2.63. The Kier molecular flexibility index (Phi) is 4.75. The smallest absolute Gasteiger partial charge is 0.326 e. The summed E-state index contributed by atoms with van der Waals surface area (Å²) in [7, 11) is -1.74. The SMILES string of the molecule is CN1C(=O)N(CC2CCOC2)C(=O)C2CC(S(=O)(=O)NC3(C)CC3)CCC21. The van der Waals surface area contributed by atoms with Gasteiger partial charge in [0.1, 0.15) is 0 Å². The summed E-state index contributed by atoms with van der Waals surface area (Å²) in [5.74, 6) is -0.493. The highest BCUT2D eigenvalue weighted by Gasteiger charge is 2.51. The van der Waals surface area contributed by atoms with Crippen molar-refractivity contribution in [1.29, 1.82) is 0 Å². The van der Waals surface area contributed by atoms with Gasteiger partial charge in [0.25, 0.3) is 0 Å². The van der Waals surface area contributed by atoms with Crippen molar-refractivity contribution < 1.29 is 22.7 Å². The number of fused-ring (bicyclic) bond motifs is 1. The molecular weight excluding hydrogens is 370 g/mol. The van der Waals surface area contributed by atoms with E-state index in [2.05, 4.69) is 4.72 Å². The highest BCUT2D eigenvalue weighted by molar-refractivity contribution is 7.90. The first-order valence-electron chi connectivity index (χ1n) is 9.89. The molecule has 2 aliphatic heterocycles. The third kappa shape index (κ3) is 3.61. The van der Waals surface area contributed by atoms with Crippen LogP contribution in [0.15, 0.2) is 0 Å². The van der Waals surface area contributed by atoms with Gasteiger partial charge in [0, 0.05) is 37.7 Å². The zero-order valence-corrected chi connectivity index (χ0v) is 16.8. The molecule has 0 spiro atoms. The molecule has 152 valence electrons. The zero-order valence-electron chi connectivity index (χ0n) is 16.0. The van der Waals surface area contributed by atoms with Gasteiger partial charge >= 0.3 is 6.03 Å². The molecule has 4 unspecified atom stereocenters. The Morgan fingerprint density at radius 1 is 1.22 bits per heavy atom. The summed E-state index contributed by atoms with van der Waals surface area (Å²) in [5.41, 5.74) is -0.312. The molecule has 8 nitrogen and oxygen atoms in total. The van der Waals surface area contributed by atoms with E-state index in [0.717, 1.165) is 19.3 Å². The van der Waals surface area contributed by atoms with E-state index < -0.39 is 21.2 Å². The van der Waals surface area contributed by atoms with Crippen LogP contribution in [0.2, 0.25) is 0 Å². The first kappa shape index (κ1) is 19.1. The molecule has 2 heterocycles. The topological polar surface area (TPSA) is 96.0 Å². The minimum Gasteiger partial charge on any atom is -0.381 e. The third-order valence-corrected chi connectivity index (χ3v) is 8.75. The number of nitrogens with zero attached hydrogens (tertiary/aromatic N) is 2. The first-order valence-corrected chi connectivity index (χ1v) is 11.4. The maximum Gasteiger partial charge on any atom is 0.326 e. The van der Waals surface area contributed by atoms with Crippen LogP contribution in [0.5, 0.6) is 0 Å². The van der Waals surface area contributed by atoms with Crippen molar-refractivity contribution >= 4 is 22.0 Å². The van der Waals surface area contributed by atoms with Crippen molar-refractivity contribution in [2.75, 3.05) is 26.8 Å². The molecule has 0 aromatic rings. The van der Waals surface area contributed by atoms with Gasteiger partial charge in [-0.1, -0.05) is 0 Å². The number of hydrogen-bond acceptors (Lipinski definition) is 5. The molecule has 9 heteroatoms. The van der Waals surface area contributed by atoms with Crippen molar-refractivity contribution in [1.82, 2.24) is 14.5 Å². The molecule has 4 fully saturated rings. The van der Waals surface area contributed by atoms with Crippen molar-refractivity contribution in [3.05, 3.63) is 0 Å². The lowest BCUT2D eigenvalue weighted by molar-refractivity contribution is -0.140. The minimum absolute atomic E-state index is 0.169. The molecule has 0 bridgehead atoms. The predicted octanol–water partition coefficient (Wildman–Crippen LogP) is 0.926. The van der Waals surface area contributed by atoms with Crippen LogP contribution in [0.3, 0.4) is 0 Å². The number of carbonyl (C=O) groups excluding carboxylic acids is 2. The summed E-state index contributed by atoms with van der Waals surface area (Å²) in [6, 6.07) is -0.470. The van der Waals surface area contributed by atoms with Crippen LogP contribution < -0.4 is 4.72 Å². The molecule has 1 N–H and O–H groups in total. The maximum absolute atomic E-state index is 13.1. The number of urea groups is 1. The van der Waals surface area contributed by atoms with E-state index in [1.807, 2.05) is 6.92 Å². The van der Waals surface area contributed by atoms with E-state index >= 15 is 0 Å². The summed E-state index contributed by atoms with van der Waals surface area (Å²) in [4.78, 5) is 28.8. The fourth-order valence-corrected chi connectivity index (χ4v) is 6.59. The highest BCUT2D eigenvalue weighted by atomic mass is 32.2. The van der Waals surface area contributed by atoms with Gasteiger partial charge in [-0.2, -0.15) is 0 Å². The quantitative estimate of drug-likeness (QED) is 0.742. The summed E-state index contributed by atoms with van der Waals surface area (Å²) < 4.78 is 33.8. The number of sulfonamides is 1. The Morgan fingerprint density at radius 3 is 2.59 bits per heavy atom. The summed E-state index contributed by atoms with van der Waals surface area (Å²) in [5, 5.41) is -0.571. The highest BCUT2D eigenvalue weighted by Crippen LogP contribution is 2.40. The Balaban J connectivity index is 1.50. The predicted molar refractivity (Wildman–Crippen MR) is 98.4 cm³/mol. The number of imide groups is 1. The minimum atomic E-state index is -3.47. The lowest BCUT2D eigenvalue weighted by Gasteiger charge is -2.47. The molecule has 0 aromatic heterocycles. The lowest BCUT2D eigenvalue weighted by atomic mass is 9.81. The Morgan fingerprint density at radius 2 is 1.96 bits per heavy atom. The standard InChI is InChI=1S/C18H29N3O5S/c1-18(6-7-18)19-27(24,25)13-3-4-15-14(9-13)16(22)21(17(23)20(15)2)10-12-5-8-26-11-12/h12-15,19H,3-11H2,1-2H3. The van der Waals surface area contributed by atoms with E-state index in [-0.39, 0.29) is 35.9 Å². The van der Waals surface area contributed by atoms with Gasteiger partial charge < -0.3 is 9.64 Å². The van der Waals surface area contributed by atoms with Crippen LogP contribution >= 0.6 is 0 Å². The second kappa shape index (κ2) is 6.70. The van der Waals surface area contributed by atoms with Gasteiger partial charge in [-0.25, -0.2) is 17.9 Å². The third-order valence-electron chi connectivity index (χ3n) is 6.67. The van der Waals surface area contributed by atoms with E-state index in [1.165, 1.54) is 4.90 Å². The van der Waals surface area contributed by atoms with E-state index in [4.69, 9.17) is 4.74 Å². The van der Waals surface area contributed by atoms with E-state index in [0.29, 0.717) is 32.6 Å². The van der Waals surface area contributed by atoms with Crippen LogP contribution in [0, 0.1) is 11.8 Å². The number of amides is 3. The van der Waals surface area contributed by atoms with Crippen LogP contribution in [0.1, 0.15) is 45.4 Å². The van der Waals surface area contributed by atoms with Crippen molar-refractivity contribution in [3.8, 4) is 0 Å². The van der Waals surface area contributed by atoms with Crippen LogP contribution in [-0.2, 0) is 19.6 Å². The average molecular weight is 400 g/mol. The van der Waals surface area contributed by atoms with Gasteiger partial charge in [0.05, 0.1) is 17.8 Å². The van der Waals surface area contributed by atoms with Gasteiger partial charge in [-0.15, -0.1) is 0 Å². The van der Waals surface area contributed by atoms with Gasteiger partial charge in [-0.05, 0) is 45.4 Å². The number of ether oxygens (including phenoxy) is 1. The van der Waals surface area contributed by atoms with Gasteiger partial charge in [-0.3, -0.25) is 9.69 Å². The number of carbonyl (C=O) groups is 2. The molecule has 4 atom stereocenters. The molecule has 0 radical (unpaired) electrons. The molecule has 0 aromatic carbocycles. The van der Waals surface area contributed by atoms with Gasteiger partial charge in [0.2, 0.25) is 15.9 Å². The average Bonchev–Trinajstić information content (AvgIpc) is 3.12. The first-order chi connectivity index (χ1) is 12.7.